The second kappa shape index (κ2) is 3.61. The Labute approximate surface area is 92.4 Å². The Kier molecular flexibility index (Phi) is 2.25. The van der Waals surface area contributed by atoms with Gasteiger partial charge in [-0.3, -0.25) is 4.40 Å². The molecule has 2 aromatic heterocycles. The quantitative estimate of drug-likeness (QED) is 0.751. The minimum Gasteiger partial charge on any atom is -0.390 e. The highest BCUT2D eigenvalue weighted by Gasteiger charge is 2.17. The first-order valence-electron chi connectivity index (χ1n) is 5.48. The molecule has 0 atom stereocenters. The topological polar surface area (TPSA) is 37.5 Å². The van der Waals surface area contributed by atoms with E-state index in [1.807, 2.05) is 0 Å². The lowest BCUT2D eigenvalue weighted by Gasteiger charge is -2.01. The Hall–Kier alpha value is -0.870. The van der Waals surface area contributed by atoms with Gasteiger partial charge in [0.15, 0.2) is 4.96 Å². The normalized spacial score (nSPS) is 16.6. The average Bonchev–Trinajstić information content (AvgIpc) is 2.70. The largest absolute Gasteiger partial charge is 0.390 e. The fourth-order valence-electron chi connectivity index (χ4n) is 2.34. The molecule has 2 heterocycles. The smallest absolute Gasteiger partial charge is 0.194 e. The molecule has 0 fully saturated rings. The molecule has 0 saturated heterocycles. The summed E-state index contributed by atoms with van der Waals surface area (Å²) in [6, 6.07) is 0. The maximum atomic E-state index is 9.26. The molecule has 15 heavy (non-hydrogen) atoms. The number of aliphatic hydroxyl groups is 1. The van der Waals surface area contributed by atoms with Crippen molar-refractivity contribution in [2.45, 2.75) is 38.7 Å². The van der Waals surface area contributed by atoms with Crippen molar-refractivity contribution in [3.8, 4) is 0 Å². The number of hydrogen-bond donors (Lipinski definition) is 1. The fourth-order valence-corrected chi connectivity index (χ4v) is 3.54. The molecule has 1 aliphatic carbocycles. The van der Waals surface area contributed by atoms with Gasteiger partial charge in [-0.05, 0) is 25.7 Å². The van der Waals surface area contributed by atoms with Gasteiger partial charge in [0, 0.05) is 10.6 Å². The molecule has 4 heteroatoms. The minimum absolute atomic E-state index is 0.0876. The van der Waals surface area contributed by atoms with Crippen LogP contribution in [0.4, 0.5) is 0 Å². The van der Waals surface area contributed by atoms with Crippen LogP contribution in [0.1, 0.15) is 35.5 Å². The Morgan fingerprint density at radius 1 is 1.33 bits per heavy atom. The van der Waals surface area contributed by atoms with Crippen molar-refractivity contribution in [3.05, 3.63) is 22.5 Å². The first-order chi connectivity index (χ1) is 7.40. The fraction of sp³-hybridized carbons (Fsp3) is 0.545. The van der Waals surface area contributed by atoms with E-state index >= 15 is 0 Å². The van der Waals surface area contributed by atoms with Gasteiger partial charge in [-0.25, -0.2) is 4.98 Å². The van der Waals surface area contributed by atoms with E-state index in [1.54, 1.807) is 17.5 Å². The third kappa shape index (κ3) is 1.40. The third-order valence-electron chi connectivity index (χ3n) is 3.09. The predicted octanol–water partition coefficient (Wildman–Crippen LogP) is 2.16. The van der Waals surface area contributed by atoms with Crippen LogP contribution < -0.4 is 0 Å². The van der Waals surface area contributed by atoms with Crippen molar-refractivity contribution in [1.82, 2.24) is 9.38 Å². The first kappa shape index (κ1) is 9.36. The van der Waals surface area contributed by atoms with Crippen LogP contribution in [0.15, 0.2) is 6.20 Å². The van der Waals surface area contributed by atoms with Crippen LogP contribution in [-0.4, -0.2) is 14.5 Å². The van der Waals surface area contributed by atoms with Crippen LogP contribution in [0.2, 0.25) is 0 Å². The molecular weight excluding hydrogens is 208 g/mol. The molecule has 0 bridgehead atoms. The lowest BCUT2D eigenvalue weighted by atomic mass is 10.2. The summed E-state index contributed by atoms with van der Waals surface area (Å²) >= 11 is 1.79. The molecule has 0 radical (unpaired) electrons. The van der Waals surface area contributed by atoms with Gasteiger partial charge in [0.1, 0.15) is 0 Å². The summed E-state index contributed by atoms with van der Waals surface area (Å²) in [5, 5.41) is 9.26. The molecule has 0 spiro atoms. The van der Waals surface area contributed by atoms with E-state index in [4.69, 9.17) is 0 Å². The number of fused-ring (bicyclic) bond motifs is 3. The van der Waals surface area contributed by atoms with Gasteiger partial charge in [0.05, 0.1) is 18.5 Å². The van der Waals surface area contributed by atoms with Crippen molar-refractivity contribution < 1.29 is 5.11 Å². The van der Waals surface area contributed by atoms with Crippen LogP contribution in [-0.2, 0) is 19.4 Å². The molecule has 0 aliphatic heterocycles. The molecule has 3 rings (SSSR count). The van der Waals surface area contributed by atoms with Crippen LogP contribution in [0.5, 0.6) is 0 Å². The Morgan fingerprint density at radius 3 is 3.07 bits per heavy atom. The zero-order chi connectivity index (χ0) is 10.3. The number of imidazole rings is 1. The Bertz CT molecular complexity index is 486. The van der Waals surface area contributed by atoms with Crippen molar-refractivity contribution in [2.24, 2.45) is 0 Å². The molecule has 80 valence electrons. The highest BCUT2D eigenvalue weighted by Crippen LogP contribution is 2.29. The van der Waals surface area contributed by atoms with E-state index in [-0.39, 0.29) is 6.61 Å². The second-order valence-electron chi connectivity index (χ2n) is 4.06. The lowest BCUT2D eigenvalue weighted by molar-refractivity contribution is 0.275. The molecule has 3 nitrogen and oxygen atoms in total. The predicted molar refractivity (Wildman–Crippen MR) is 60.3 cm³/mol. The molecule has 2 aromatic rings. The number of thiazole rings is 1. The molecule has 0 unspecified atom stereocenters. The van der Waals surface area contributed by atoms with Gasteiger partial charge in [-0.2, -0.15) is 0 Å². The monoisotopic (exact) mass is 222 g/mol. The number of aliphatic hydroxyl groups excluding tert-OH is 1. The van der Waals surface area contributed by atoms with Gasteiger partial charge in [0.25, 0.3) is 0 Å². The van der Waals surface area contributed by atoms with Crippen LogP contribution >= 0.6 is 11.3 Å². The van der Waals surface area contributed by atoms with Crippen LogP contribution in [0.3, 0.4) is 0 Å². The van der Waals surface area contributed by atoms with Gasteiger partial charge < -0.3 is 5.11 Å². The van der Waals surface area contributed by atoms with E-state index in [0.717, 1.165) is 17.1 Å². The number of rotatable bonds is 1. The van der Waals surface area contributed by atoms with Gasteiger partial charge in [-0.15, -0.1) is 11.3 Å². The zero-order valence-corrected chi connectivity index (χ0v) is 9.39. The lowest BCUT2D eigenvalue weighted by Crippen LogP contribution is -1.97. The Morgan fingerprint density at radius 2 is 2.20 bits per heavy atom. The van der Waals surface area contributed by atoms with E-state index in [2.05, 4.69) is 9.38 Å². The zero-order valence-electron chi connectivity index (χ0n) is 8.57. The van der Waals surface area contributed by atoms with E-state index in [1.165, 1.54) is 36.3 Å². The van der Waals surface area contributed by atoms with Crippen LogP contribution in [0.25, 0.3) is 4.96 Å². The number of hydrogen-bond acceptors (Lipinski definition) is 3. The highest BCUT2D eigenvalue weighted by molar-refractivity contribution is 7.17. The van der Waals surface area contributed by atoms with Crippen LogP contribution in [0, 0.1) is 0 Å². The summed E-state index contributed by atoms with van der Waals surface area (Å²) in [7, 11) is 0. The Balaban J connectivity index is 2.22. The first-order valence-corrected chi connectivity index (χ1v) is 6.29. The van der Waals surface area contributed by atoms with Gasteiger partial charge >= 0.3 is 0 Å². The van der Waals surface area contributed by atoms with Gasteiger partial charge in [-0.1, -0.05) is 6.42 Å². The number of aryl methyl sites for hydroxylation is 2. The number of nitrogens with zero attached hydrogens (tertiary/aromatic N) is 2. The summed E-state index contributed by atoms with van der Waals surface area (Å²) in [5.74, 6) is 0. The summed E-state index contributed by atoms with van der Waals surface area (Å²) in [4.78, 5) is 6.87. The van der Waals surface area contributed by atoms with E-state index in [0.29, 0.717) is 0 Å². The molecule has 0 aromatic carbocycles. The minimum atomic E-state index is 0.0876. The summed E-state index contributed by atoms with van der Waals surface area (Å²) in [6.07, 6.45) is 8.00. The summed E-state index contributed by atoms with van der Waals surface area (Å²) in [5.41, 5.74) is 2.33. The average molecular weight is 222 g/mol. The van der Waals surface area contributed by atoms with Crippen molar-refractivity contribution in [3.63, 3.8) is 0 Å². The molecule has 0 amide bonds. The van der Waals surface area contributed by atoms with Gasteiger partial charge in [0.2, 0.25) is 0 Å². The van der Waals surface area contributed by atoms with E-state index < -0.39 is 0 Å². The SMILES string of the molecule is OCc1cnc2sc3c(n12)CCCCC3. The van der Waals surface area contributed by atoms with Crippen molar-refractivity contribution in [1.29, 1.82) is 0 Å². The van der Waals surface area contributed by atoms with Crippen molar-refractivity contribution >= 4 is 16.3 Å². The maximum absolute atomic E-state index is 9.26. The third-order valence-corrected chi connectivity index (χ3v) is 4.24. The molecular formula is C11H14N2OS. The summed E-state index contributed by atoms with van der Waals surface area (Å²) < 4.78 is 2.16. The van der Waals surface area contributed by atoms with Crippen molar-refractivity contribution in [2.75, 3.05) is 0 Å². The standard InChI is InChI=1S/C11H14N2OS/c14-7-8-6-12-11-13(8)9-4-2-1-3-5-10(9)15-11/h6,14H,1-5,7H2. The maximum Gasteiger partial charge on any atom is 0.194 e. The molecule has 1 aliphatic rings. The summed E-state index contributed by atoms with van der Waals surface area (Å²) in [6.45, 7) is 0.0876. The second-order valence-corrected chi connectivity index (χ2v) is 5.12. The highest BCUT2D eigenvalue weighted by atomic mass is 32.1. The van der Waals surface area contributed by atoms with E-state index in [9.17, 15) is 5.11 Å². The molecule has 0 saturated carbocycles. The number of aromatic nitrogens is 2. The molecule has 1 N–H and O–H groups in total.